The van der Waals surface area contributed by atoms with Crippen molar-refractivity contribution < 1.29 is 29.6 Å². The Morgan fingerprint density at radius 3 is 1.25 bits per heavy atom. The number of aryl methyl sites for hydroxylation is 2. The number of fused-ring (bicyclic) bond motifs is 8. The fraction of sp³-hybridized carbons (Fsp3) is 0.294. The van der Waals surface area contributed by atoms with Crippen LogP contribution in [0, 0.1) is 12.1 Å². The smallest absolute Gasteiger partial charge is 0.390 e. The van der Waals surface area contributed by atoms with E-state index in [2.05, 4.69) is 260 Å². The first-order valence-electron chi connectivity index (χ1n) is 26.1. The van der Waals surface area contributed by atoms with Crippen molar-refractivity contribution in [3.63, 3.8) is 0 Å². The van der Waals surface area contributed by atoms with Crippen LogP contribution in [0.15, 0.2) is 144 Å². The number of aromatic nitrogens is 2. The molecule has 2 aliphatic carbocycles. The molecule has 1 atom stereocenters. The van der Waals surface area contributed by atoms with Gasteiger partial charge in [-0.25, -0.2) is 0 Å². The second-order valence-electron chi connectivity index (χ2n) is 24.4. The van der Waals surface area contributed by atoms with Crippen molar-refractivity contribution in [3.8, 4) is 55.9 Å². The standard InChI is InChI=1S/C47H48N.C21H19BrN.BrO2P.Ir/c1-45(2,3)37-18-13-30(14-19-37)33-26-34(31-15-20-38(21-16-31)46(4,5)6)28-35(27-33)40-11-10-12-42-41(40)23-17-32-25-36-29-39(47(7,8)9)22-24-43(36)48-44(32)42;1-21(2,3)15-8-10-19-14(12-15)11-13-7-9-16-17(20(13)23-19)5-4-6-18(16)22;1-4(2)3;/h10-11,13-16,18-22,24-29H,17,23H2,1-9H3;4,6,8,10-12H,7,9H2,1-3H3;;/q2*-1;;. The predicted octanol–water partition coefficient (Wildman–Crippen LogP) is 19.0. The molecule has 2 heterocycles. The number of pyridine rings is 2. The van der Waals surface area contributed by atoms with Crippen LogP contribution in [0.25, 0.3) is 77.7 Å². The summed E-state index contributed by atoms with van der Waals surface area (Å²) in [5.41, 5.74) is 25.3. The van der Waals surface area contributed by atoms with Gasteiger partial charge >= 0.3 is 6.73 Å². The maximum Gasteiger partial charge on any atom is 0.390 e. The molecule has 0 fully saturated rings. The molecule has 2 aliphatic rings. The number of nitrogens with zero attached hydrogens (tertiary/aromatic N) is 2. The summed E-state index contributed by atoms with van der Waals surface area (Å²) >= 11 is 5.89. The summed E-state index contributed by atoms with van der Waals surface area (Å²) in [5, 5.41) is 2.47. The third-order valence-corrected chi connectivity index (χ3v) is 15.6. The average molecular weight is 1330 g/mol. The molecule has 2 aromatic heterocycles. The molecule has 0 spiro atoms. The van der Waals surface area contributed by atoms with Crippen LogP contribution >= 0.6 is 38.1 Å². The van der Waals surface area contributed by atoms with Crippen LogP contribution < -0.4 is 4.89 Å². The van der Waals surface area contributed by atoms with Gasteiger partial charge in [-0.05, 0) is 149 Å². The van der Waals surface area contributed by atoms with Gasteiger partial charge in [0.15, 0.2) is 0 Å². The molecular weight excluding hydrogens is 1260 g/mol. The molecule has 0 amide bonds. The molecule has 0 aliphatic heterocycles. The molecule has 8 heteroatoms. The summed E-state index contributed by atoms with van der Waals surface area (Å²) in [6, 6.07) is 59.0. The van der Waals surface area contributed by atoms with E-state index in [1.54, 1.807) is 0 Å². The zero-order valence-corrected chi connectivity index (χ0v) is 52.3. The van der Waals surface area contributed by atoms with Gasteiger partial charge in [0, 0.05) is 20.1 Å². The van der Waals surface area contributed by atoms with Crippen LogP contribution in [-0.4, -0.2) is 9.97 Å². The van der Waals surface area contributed by atoms with Crippen LogP contribution in [0.4, 0.5) is 0 Å². The van der Waals surface area contributed by atoms with E-state index in [4.69, 9.17) is 19.4 Å². The molecule has 1 unspecified atom stereocenters. The Hall–Kier alpha value is -4.97. The van der Waals surface area contributed by atoms with E-state index in [-0.39, 0.29) is 41.8 Å². The van der Waals surface area contributed by atoms with Crippen LogP contribution in [0.1, 0.15) is 128 Å². The van der Waals surface area contributed by atoms with Crippen LogP contribution in [0.5, 0.6) is 0 Å². The number of hydrogen-bond donors (Lipinski definition) is 0. The summed E-state index contributed by atoms with van der Waals surface area (Å²) < 4.78 is 10.1. The fourth-order valence-electron chi connectivity index (χ4n) is 10.4. The summed E-state index contributed by atoms with van der Waals surface area (Å²) in [6.07, 6.45) is 4.04. The van der Waals surface area contributed by atoms with Gasteiger partial charge in [-0.2, -0.15) is 0 Å². The van der Waals surface area contributed by atoms with E-state index >= 15 is 0 Å². The van der Waals surface area contributed by atoms with Gasteiger partial charge in [-0.15, -0.1) is 58.7 Å². The van der Waals surface area contributed by atoms with Crippen LogP contribution in [0.2, 0.25) is 0 Å². The second kappa shape index (κ2) is 22.4. The molecule has 0 saturated heterocycles. The first kappa shape index (κ1) is 57.2. The Morgan fingerprint density at radius 1 is 0.461 bits per heavy atom. The predicted molar refractivity (Wildman–Crippen MR) is 322 cm³/mol. The molecule has 76 heavy (non-hydrogen) atoms. The third kappa shape index (κ3) is 12.6. The topological polar surface area (TPSA) is 65.9 Å². The van der Waals surface area contributed by atoms with Crippen molar-refractivity contribution in [2.45, 2.75) is 130 Å². The van der Waals surface area contributed by atoms with Crippen LogP contribution in [0.3, 0.4) is 0 Å². The third-order valence-electron chi connectivity index (χ3n) is 14.8. The second-order valence-corrected chi connectivity index (χ2v) is 27.4. The first-order valence-corrected chi connectivity index (χ1v) is 30.1. The summed E-state index contributed by atoms with van der Waals surface area (Å²) in [5.74, 6) is 0. The normalized spacial score (nSPS) is 13.2. The molecule has 0 N–H and O–H groups in total. The minimum Gasteiger partial charge on any atom is -0.585 e. The van der Waals surface area contributed by atoms with Crippen LogP contribution in [-0.2, 0) is 72.0 Å². The number of rotatable bonds is 3. The van der Waals surface area contributed by atoms with E-state index in [0.717, 1.165) is 59.2 Å². The molecule has 9 aromatic rings. The fourth-order valence-corrected chi connectivity index (χ4v) is 10.9. The largest absolute Gasteiger partial charge is 0.585 e. The van der Waals surface area contributed by atoms with Crippen molar-refractivity contribution in [1.29, 1.82) is 0 Å². The Kier molecular flexibility index (Phi) is 16.9. The number of halogens is 2. The van der Waals surface area contributed by atoms with Gasteiger partial charge in [0.2, 0.25) is 0 Å². The minimum atomic E-state index is -2.31. The quantitative estimate of drug-likeness (QED) is 0.131. The molecule has 11 rings (SSSR count). The first-order chi connectivity index (χ1) is 35.3. The van der Waals surface area contributed by atoms with E-state index in [0.29, 0.717) is 0 Å². The van der Waals surface area contributed by atoms with Crippen molar-refractivity contribution >= 4 is 60.0 Å². The van der Waals surface area contributed by atoms with E-state index in [9.17, 15) is 0 Å². The molecule has 4 nitrogen and oxygen atoms in total. The van der Waals surface area contributed by atoms with Gasteiger partial charge in [0.1, 0.15) is 0 Å². The molecule has 391 valence electrons. The zero-order chi connectivity index (χ0) is 53.8. The summed E-state index contributed by atoms with van der Waals surface area (Å²) in [7, 11) is 0. The minimum absolute atomic E-state index is 0. The Balaban J connectivity index is 0.000000227. The van der Waals surface area contributed by atoms with Gasteiger partial charge in [-0.3, -0.25) is 9.97 Å². The van der Waals surface area contributed by atoms with E-state index in [1.807, 2.05) is 6.07 Å². The van der Waals surface area contributed by atoms with Gasteiger partial charge in [0.25, 0.3) is 15.5 Å². The van der Waals surface area contributed by atoms with E-state index < -0.39 is 6.73 Å². The van der Waals surface area contributed by atoms with Crippen molar-refractivity contribution in [2.75, 3.05) is 0 Å². The van der Waals surface area contributed by atoms with Gasteiger partial charge < -0.3 is 4.89 Å². The maximum atomic E-state index is 8.95. The molecule has 1 radical (unpaired) electrons. The Labute approximate surface area is 482 Å². The maximum absolute atomic E-state index is 8.95. The number of hydrogen-bond acceptors (Lipinski definition) is 4. The van der Waals surface area contributed by atoms with Gasteiger partial charge in [0.05, 0.1) is 11.0 Å². The number of benzene rings is 7. The Bertz CT molecular complexity index is 3550. The van der Waals surface area contributed by atoms with Crippen molar-refractivity contribution in [1.82, 2.24) is 9.97 Å². The molecule has 7 aromatic carbocycles. The molecule has 0 bridgehead atoms. The van der Waals surface area contributed by atoms with Crippen molar-refractivity contribution in [3.05, 3.63) is 201 Å². The van der Waals surface area contributed by atoms with Gasteiger partial charge in [-0.1, -0.05) is 210 Å². The average Bonchev–Trinajstić information content (AvgIpc) is 3.36. The van der Waals surface area contributed by atoms with Crippen molar-refractivity contribution in [2.24, 2.45) is 0 Å². The zero-order valence-electron chi connectivity index (χ0n) is 45.9. The SMILES string of the molecule is CC(C)(C)c1ccc(-c2cc(-c3ccc(C(C)(C)C)cc3)cc(-c3cc[c-]c4c3CCc3cc5cc(C(C)(C)C)ccc5nc3-4)c2)cc1.CC(C)(C)c1ccc2nc3c(cc2c1)CCc1c-3[c-]ccc1Br.O=[P+]([O-])Br.[Ir]. The summed E-state index contributed by atoms with van der Waals surface area (Å²) in [6.45, 7) is 24.9. The van der Waals surface area contributed by atoms with E-state index in [1.165, 1.54) is 93.1 Å². The monoisotopic (exact) mass is 1330 g/mol. The summed E-state index contributed by atoms with van der Waals surface area (Å²) in [4.78, 5) is 19.2. The molecule has 0 saturated carbocycles. The Morgan fingerprint density at radius 2 is 0.829 bits per heavy atom. The molecular formula is C68H67Br2IrN2O2P-2.